The lowest BCUT2D eigenvalue weighted by atomic mass is 10.2. The van der Waals surface area contributed by atoms with Crippen molar-refractivity contribution >= 4 is 28.9 Å². The molecule has 0 aliphatic carbocycles. The second-order valence-corrected chi connectivity index (χ2v) is 6.43. The minimum Gasteiger partial charge on any atom is -0.493 e. The van der Waals surface area contributed by atoms with Gasteiger partial charge in [-0.15, -0.1) is 0 Å². The van der Waals surface area contributed by atoms with E-state index in [1.165, 1.54) is 0 Å². The van der Waals surface area contributed by atoms with E-state index in [4.69, 9.17) is 21.7 Å². The van der Waals surface area contributed by atoms with Crippen LogP contribution in [0.3, 0.4) is 0 Å². The summed E-state index contributed by atoms with van der Waals surface area (Å²) in [4.78, 5) is 12.5. The lowest BCUT2D eigenvalue weighted by Gasteiger charge is -2.13. The van der Waals surface area contributed by atoms with Gasteiger partial charge in [0.25, 0.3) is 5.91 Å². The number of amides is 1. The standard InChI is InChI=1S/C21H24N2O3S/c1-4-12-25-19-11-6-5-10-18(19)20(24)23-21(27)22-16-8-7-9-17(13-16)26-14-15(2)3/h5-11,13H,2,4,12,14H2,1,3H3,(H2,22,23,24,27). The number of carbonyl (C=O) groups excluding carboxylic acids is 1. The molecule has 142 valence electrons. The summed E-state index contributed by atoms with van der Waals surface area (Å²) in [6.45, 7) is 8.71. The largest absolute Gasteiger partial charge is 0.493 e. The number of benzene rings is 2. The first-order chi connectivity index (χ1) is 13.0. The third-order valence-corrected chi connectivity index (χ3v) is 3.60. The highest BCUT2D eigenvalue weighted by atomic mass is 32.1. The van der Waals surface area contributed by atoms with Gasteiger partial charge in [0.1, 0.15) is 18.1 Å². The Hall–Kier alpha value is -2.86. The number of para-hydroxylation sites is 1. The van der Waals surface area contributed by atoms with Crippen molar-refractivity contribution in [2.24, 2.45) is 0 Å². The molecule has 0 atom stereocenters. The van der Waals surface area contributed by atoms with Crippen molar-refractivity contribution in [2.45, 2.75) is 20.3 Å². The number of rotatable bonds is 8. The van der Waals surface area contributed by atoms with Gasteiger partial charge in [0.2, 0.25) is 0 Å². The molecule has 0 aliphatic heterocycles. The van der Waals surface area contributed by atoms with E-state index in [1.807, 2.05) is 38.1 Å². The zero-order valence-corrected chi connectivity index (χ0v) is 16.4. The van der Waals surface area contributed by atoms with E-state index in [2.05, 4.69) is 17.2 Å². The maximum absolute atomic E-state index is 12.5. The van der Waals surface area contributed by atoms with E-state index in [-0.39, 0.29) is 11.0 Å². The lowest BCUT2D eigenvalue weighted by Crippen LogP contribution is -2.34. The number of carbonyl (C=O) groups is 1. The van der Waals surface area contributed by atoms with Crippen LogP contribution in [0.1, 0.15) is 30.6 Å². The Labute approximate surface area is 165 Å². The topological polar surface area (TPSA) is 59.6 Å². The molecule has 0 saturated heterocycles. The summed E-state index contributed by atoms with van der Waals surface area (Å²) in [6, 6.07) is 14.4. The maximum Gasteiger partial charge on any atom is 0.261 e. The molecule has 0 unspecified atom stereocenters. The van der Waals surface area contributed by atoms with Crippen molar-refractivity contribution in [1.82, 2.24) is 5.32 Å². The molecule has 6 heteroatoms. The van der Waals surface area contributed by atoms with Crippen LogP contribution < -0.4 is 20.1 Å². The molecule has 5 nitrogen and oxygen atoms in total. The van der Waals surface area contributed by atoms with Crippen molar-refractivity contribution in [2.75, 3.05) is 18.5 Å². The molecule has 0 aliphatic rings. The third-order valence-electron chi connectivity index (χ3n) is 3.40. The SMILES string of the molecule is C=C(C)COc1cccc(NC(=S)NC(=O)c2ccccc2OCCC)c1. The molecule has 27 heavy (non-hydrogen) atoms. The number of nitrogens with one attached hydrogen (secondary N) is 2. The van der Waals surface area contributed by atoms with Crippen LogP contribution in [0.2, 0.25) is 0 Å². The summed E-state index contributed by atoms with van der Waals surface area (Å²) < 4.78 is 11.2. The van der Waals surface area contributed by atoms with Crippen LogP contribution >= 0.6 is 12.2 Å². The van der Waals surface area contributed by atoms with Gasteiger partial charge in [-0.1, -0.05) is 31.7 Å². The van der Waals surface area contributed by atoms with Crippen molar-refractivity contribution in [3.8, 4) is 11.5 Å². The zero-order chi connectivity index (χ0) is 19.6. The lowest BCUT2D eigenvalue weighted by molar-refractivity contribution is 0.0973. The molecule has 0 heterocycles. The molecule has 2 aromatic rings. The van der Waals surface area contributed by atoms with E-state index < -0.39 is 0 Å². The molecule has 0 spiro atoms. The highest BCUT2D eigenvalue weighted by molar-refractivity contribution is 7.80. The van der Waals surface area contributed by atoms with Crippen molar-refractivity contribution < 1.29 is 14.3 Å². The van der Waals surface area contributed by atoms with Gasteiger partial charge < -0.3 is 14.8 Å². The van der Waals surface area contributed by atoms with Gasteiger partial charge in [-0.25, -0.2) is 0 Å². The summed E-state index contributed by atoms with van der Waals surface area (Å²) in [7, 11) is 0. The quantitative estimate of drug-likeness (QED) is 0.516. The molecule has 0 aromatic heterocycles. The number of anilines is 1. The van der Waals surface area contributed by atoms with E-state index in [1.54, 1.807) is 24.3 Å². The summed E-state index contributed by atoms with van der Waals surface area (Å²) in [5, 5.41) is 5.86. The van der Waals surface area contributed by atoms with Crippen LogP contribution in [0, 0.1) is 0 Å². The van der Waals surface area contributed by atoms with Gasteiger partial charge in [-0.3, -0.25) is 10.1 Å². The maximum atomic E-state index is 12.5. The first-order valence-electron chi connectivity index (χ1n) is 8.71. The van der Waals surface area contributed by atoms with Gasteiger partial charge in [-0.2, -0.15) is 0 Å². The van der Waals surface area contributed by atoms with Gasteiger partial charge in [-0.05, 0) is 55.4 Å². The van der Waals surface area contributed by atoms with Crippen LogP contribution in [0.25, 0.3) is 0 Å². The van der Waals surface area contributed by atoms with Crippen LogP contribution in [0.15, 0.2) is 60.7 Å². The molecule has 2 N–H and O–H groups in total. The van der Waals surface area contributed by atoms with E-state index in [9.17, 15) is 4.79 Å². The van der Waals surface area contributed by atoms with Crippen molar-refractivity contribution in [1.29, 1.82) is 0 Å². The average molecular weight is 385 g/mol. The van der Waals surface area contributed by atoms with Gasteiger partial charge in [0, 0.05) is 11.8 Å². The molecule has 0 radical (unpaired) electrons. The molecule has 2 aromatic carbocycles. The fourth-order valence-corrected chi connectivity index (χ4v) is 2.41. The Morgan fingerprint density at radius 3 is 2.67 bits per heavy atom. The van der Waals surface area contributed by atoms with E-state index >= 15 is 0 Å². The van der Waals surface area contributed by atoms with Gasteiger partial charge in [0.15, 0.2) is 5.11 Å². The Morgan fingerprint density at radius 2 is 1.93 bits per heavy atom. The summed E-state index contributed by atoms with van der Waals surface area (Å²) in [5.74, 6) is 0.902. The summed E-state index contributed by atoms with van der Waals surface area (Å²) in [6.07, 6.45) is 0.861. The van der Waals surface area contributed by atoms with E-state index in [0.29, 0.717) is 30.3 Å². The fraction of sp³-hybridized carbons (Fsp3) is 0.238. The smallest absolute Gasteiger partial charge is 0.261 e. The molecule has 2 rings (SSSR count). The Morgan fingerprint density at radius 1 is 1.15 bits per heavy atom. The van der Waals surface area contributed by atoms with Crippen LogP contribution in [0.4, 0.5) is 5.69 Å². The summed E-state index contributed by atoms with van der Waals surface area (Å²) in [5.41, 5.74) is 2.09. The zero-order valence-electron chi connectivity index (χ0n) is 15.6. The van der Waals surface area contributed by atoms with Crippen LogP contribution in [0.5, 0.6) is 11.5 Å². The first kappa shape index (κ1) is 20.5. The predicted molar refractivity (Wildman–Crippen MR) is 113 cm³/mol. The third kappa shape index (κ3) is 6.75. The minimum absolute atomic E-state index is 0.197. The summed E-state index contributed by atoms with van der Waals surface area (Å²) >= 11 is 5.25. The number of ether oxygens (including phenoxy) is 2. The predicted octanol–water partition coefficient (Wildman–Crippen LogP) is 4.56. The second-order valence-electron chi connectivity index (χ2n) is 6.03. The highest BCUT2D eigenvalue weighted by Gasteiger charge is 2.13. The van der Waals surface area contributed by atoms with Crippen molar-refractivity contribution in [3.63, 3.8) is 0 Å². The molecular formula is C21H24N2O3S. The molecule has 0 bridgehead atoms. The van der Waals surface area contributed by atoms with Gasteiger partial charge in [0.05, 0.1) is 12.2 Å². The fourth-order valence-electron chi connectivity index (χ4n) is 2.20. The minimum atomic E-state index is -0.325. The van der Waals surface area contributed by atoms with Crippen molar-refractivity contribution in [3.05, 3.63) is 66.2 Å². The normalized spacial score (nSPS) is 10.0. The second kappa shape index (κ2) is 10.3. The number of hydrogen-bond donors (Lipinski definition) is 2. The Bertz CT molecular complexity index is 821. The average Bonchev–Trinajstić information content (AvgIpc) is 2.65. The molecule has 0 saturated carbocycles. The first-order valence-corrected chi connectivity index (χ1v) is 9.12. The molecular weight excluding hydrogens is 360 g/mol. The number of thiocarbonyl (C=S) groups is 1. The number of hydrogen-bond acceptors (Lipinski definition) is 4. The Kier molecular flexibility index (Phi) is 7.82. The van der Waals surface area contributed by atoms with Crippen LogP contribution in [-0.4, -0.2) is 24.2 Å². The van der Waals surface area contributed by atoms with Gasteiger partial charge >= 0.3 is 0 Å². The monoisotopic (exact) mass is 384 g/mol. The van der Waals surface area contributed by atoms with E-state index in [0.717, 1.165) is 17.7 Å². The Balaban J connectivity index is 1.98. The molecule has 1 amide bonds. The molecule has 0 fully saturated rings. The highest BCUT2D eigenvalue weighted by Crippen LogP contribution is 2.19. The van der Waals surface area contributed by atoms with Crippen LogP contribution in [-0.2, 0) is 0 Å².